The minimum atomic E-state index is -0.574. The average molecular weight is 549 g/mol. The number of ether oxygens (including phenoxy) is 4. The number of hydrogen-bond donors (Lipinski definition) is 0. The van der Waals surface area contributed by atoms with Crippen molar-refractivity contribution in [3.8, 4) is 34.3 Å². The lowest BCUT2D eigenvalue weighted by molar-refractivity contribution is 0.0736. The highest BCUT2D eigenvalue weighted by Crippen LogP contribution is 2.36. The van der Waals surface area contributed by atoms with Gasteiger partial charge in [0, 0.05) is 10.9 Å². The van der Waals surface area contributed by atoms with Gasteiger partial charge in [0.25, 0.3) is 0 Å². The summed E-state index contributed by atoms with van der Waals surface area (Å²) in [5.41, 5.74) is 2.63. The number of fused-ring (bicyclic) bond motifs is 1. The zero-order chi connectivity index (χ0) is 28.8. The fraction of sp³-hybridized carbons (Fsp3) is 0.118. The van der Waals surface area contributed by atoms with Gasteiger partial charge in [-0.25, -0.2) is 4.79 Å². The number of allylic oxidation sites excluding steroid dienone is 1. The molecule has 0 unspecified atom stereocenters. The van der Waals surface area contributed by atoms with Crippen molar-refractivity contribution < 1.29 is 33.0 Å². The van der Waals surface area contributed by atoms with Crippen LogP contribution in [0.25, 0.3) is 28.4 Å². The Kier molecular flexibility index (Phi) is 8.15. The number of carbonyl (C=O) groups is 2. The number of ketones is 1. The predicted molar refractivity (Wildman–Crippen MR) is 157 cm³/mol. The Morgan fingerprint density at radius 3 is 2.37 bits per heavy atom. The van der Waals surface area contributed by atoms with Crippen LogP contribution in [-0.2, 0) is 0 Å². The van der Waals surface area contributed by atoms with E-state index >= 15 is 0 Å². The first-order valence-electron chi connectivity index (χ1n) is 13.0. The molecule has 7 nitrogen and oxygen atoms in total. The van der Waals surface area contributed by atoms with Gasteiger partial charge in [-0.1, -0.05) is 48.5 Å². The van der Waals surface area contributed by atoms with E-state index in [1.54, 1.807) is 66.7 Å². The zero-order valence-corrected chi connectivity index (χ0v) is 22.9. The summed E-state index contributed by atoms with van der Waals surface area (Å²) in [5, 5.41) is 0.591. The Labute approximate surface area is 237 Å². The topological polar surface area (TPSA) is 84.2 Å². The van der Waals surface area contributed by atoms with Crippen LogP contribution in [-0.4, -0.2) is 32.6 Å². The second kappa shape index (κ2) is 12.3. The maximum atomic E-state index is 13.6. The summed E-state index contributed by atoms with van der Waals surface area (Å²) >= 11 is 0. The van der Waals surface area contributed by atoms with E-state index in [-0.39, 0.29) is 5.78 Å². The Bertz CT molecular complexity index is 1730. The van der Waals surface area contributed by atoms with Crippen LogP contribution in [0.2, 0.25) is 0 Å². The molecule has 0 fully saturated rings. The van der Waals surface area contributed by atoms with Gasteiger partial charge >= 0.3 is 5.97 Å². The highest BCUT2D eigenvalue weighted by atomic mass is 16.5. The average Bonchev–Trinajstić information content (AvgIpc) is 3.39. The SMILES string of the molecule is CCOc1ccc2oc(-c3ccccc3)c(C(=O)Oc3cccc(C=CC(=O)c4cc(OC)ccc4OC)c3)c2c1. The summed E-state index contributed by atoms with van der Waals surface area (Å²) < 4.78 is 28.2. The van der Waals surface area contributed by atoms with Crippen LogP contribution in [0.1, 0.15) is 33.2 Å². The molecule has 5 aromatic rings. The number of hydrogen-bond acceptors (Lipinski definition) is 7. The van der Waals surface area contributed by atoms with Gasteiger partial charge in [-0.15, -0.1) is 0 Å². The molecule has 1 aromatic heterocycles. The standard InChI is InChI=1S/C34H28O7/c1-4-39-25-15-18-31-28(21-25)32(33(41-31)23-10-6-5-7-11-23)34(36)40-26-12-8-9-22(19-26)13-16-29(35)27-20-24(37-2)14-17-30(27)38-3/h5-21H,4H2,1-3H3. The summed E-state index contributed by atoms with van der Waals surface area (Å²) in [5.74, 6) is 1.51. The van der Waals surface area contributed by atoms with E-state index in [0.717, 1.165) is 5.56 Å². The van der Waals surface area contributed by atoms with E-state index in [2.05, 4.69) is 0 Å². The Morgan fingerprint density at radius 1 is 0.805 bits per heavy atom. The number of benzene rings is 4. The predicted octanol–water partition coefficient (Wildman–Crippen LogP) is 7.63. The van der Waals surface area contributed by atoms with E-state index < -0.39 is 5.97 Å². The van der Waals surface area contributed by atoms with Crippen molar-refractivity contribution in [3.63, 3.8) is 0 Å². The number of methoxy groups -OCH3 is 2. The molecule has 0 N–H and O–H groups in total. The number of rotatable bonds is 10. The number of carbonyl (C=O) groups excluding carboxylic acids is 2. The minimum Gasteiger partial charge on any atom is -0.497 e. The molecular formula is C34H28O7. The third-order valence-corrected chi connectivity index (χ3v) is 6.38. The molecule has 0 aliphatic carbocycles. The Balaban J connectivity index is 1.44. The van der Waals surface area contributed by atoms with Crippen molar-refractivity contribution in [1.82, 2.24) is 0 Å². The lowest BCUT2D eigenvalue weighted by Crippen LogP contribution is -2.09. The van der Waals surface area contributed by atoms with E-state index in [1.807, 2.05) is 37.3 Å². The molecule has 206 valence electrons. The summed E-state index contributed by atoms with van der Waals surface area (Å²) in [4.78, 5) is 26.6. The van der Waals surface area contributed by atoms with Crippen LogP contribution in [0.5, 0.6) is 23.0 Å². The van der Waals surface area contributed by atoms with Crippen molar-refractivity contribution >= 4 is 28.8 Å². The van der Waals surface area contributed by atoms with Crippen molar-refractivity contribution in [2.45, 2.75) is 6.92 Å². The van der Waals surface area contributed by atoms with Gasteiger partial charge in [-0.05, 0) is 67.1 Å². The van der Waals surface area contributed by atoms with Gasteiger partial charge in [0.1, 0.15) is 39.9 Å². The van der Waals surface area contributed by atoms with Crippen LogP contribution >= 0.6 is 0 Å². The third-order valence-electron chi connectivity index (χ3n) is 6.38. The van der Waals surface area contributed by atoms with Gasteiger partial charge in [0.15, 0.2) is 5.78 Å². The fourth-order valence-corrected chi connectivity index (χ4v) is 4.44. The van der Waals surface area contributed by atoms with Gasteiger partial charge in [-0.2, -0.15) is 0 Å². The molecule has 0 saturated heterocycles. The molecule has 0 aliphatic heterocycles. The van der Waals surface area contributed by atoms with Gasteiger partial charge in [0.05, 0.1) is 26.4 Å². The second-order valence-corrected chi connectivity index (χ2v) is 8.99. The number of esters is 1. The van der Waals surface area contributed by atoms with Crippen molar-refractivity contribution in [3.05, 3.63) is 114 Å². The minimum absolute atomic E-state index is 0.259. The molecule has 41 heavy (non-hydrogen) atoms. The normalized spacial score (nSPS) is 11.0. The Morgan fingerprint density at radius 2 is 1.61 bits per heavy atom. The lowest BCUT2D eigenvalue weighted by atomic mass is 10.1. The molecule has 4 aromatic carbocycles. The van der Waals surface area contributed by atoms with Crippen molar-refractivity contribution in [2.24, 2.45) is 0 Å². The molecule has 0 amide bonds. The first kappa shape index (κ1) is 27.3. The summed E-state index contributed by atoms with van der Waals surface area (Å²) in [6.07, 6.45) is 3.08. The molecular weight excluding hydrogens is 520 g/mol. The maximum Gasteiger partial charge on any atom is 0.348 e. The van der Waals surface area contributed by atoms with Crippen LogP contribution < -0.4 is 18.9 Å². The van der Waals surface area contributed by atoms with E-state index in [1.165, 1.54) is 20.3 Å². The largest absolute Gasteiger partial charge is 0.497 e. The van der Waals surface area contributed by atoms with E-state index in [4.69, 9.17) is 23.4 Å². The van der Waals surface area contributed by atoms with Gasteiger partial charge in [0.2, 0.25) is 0 Å². The monoisotopic (exact) mass is 548 g/mol. The zero-order valence-electron chi connectivity index (χ0n) is 22.9. The molecule has 0 bridgehead atoms. The summed E-state index contributed by atoms with van der Waals surface area (Å²) in [6, 6.07) is 26.7. The third kappa shape index (κ3) is 5.99. The van der Waals surface area contributed by atoms with E-state index in [9.17, 15) is 9.59 Å². The van der Waals surface area contributed by atoms with Crippen LogP contribution in [0.3, 0.4) is 0 Å². The van der Waals surface area contributed by atoms with Gasteiger partial charge < -0.3 is 23.4 Å². The summed E-state index contributed by atoms with van der Waals surface area (Å²) in [6.45, 7) is 2.38. The van der Waals surface area contributed by atoms with E-state index in [0.29, 0.717) is 63.0 Å². The molecule has 0 spiro atoms. The second-order valence-electron chi connectivity index (χ2n) is 8.99. The van der Waals surface area contributed by atoms with Crippen LogP contribution in [0.4, 0.5) is 0 Å². The molecule has 0 saturated carbocycles. The molecule has 0 radical (unpaired) electrons. The smallest absolute Gasteiger partial charge is 0.348 e. The molecule has 0 aliphatic rings. The highest BCUT2D eigenvalue weighted by molar-refractivity contribution is 6.10. The van der Waals surface area contributed by atoms with Crippen molar-refractivity contribution in [2.75, 3.05) is 20.8 Å². The summed E-state index contributed by atoms with van der Waals surface area (Å²) in [7, 11) is 3.04. The number of furan rings is 1. The van der Waals surface area contributed by atoms with Crippen molar-refractivity contribution in [1.29, 1.82) is 0 Å². The fourth-order valence-electron chi connectivity index (χ4n) is 4.44. The molecule has 0 atom stereocenters. The first-order valence-corrected chi connectivity index (χ1v) is 13.0. The lowest BCUT2D eigenvalue weighted by Gasteiger charge is -2.08. The maximum absolute atomic E-state index is 13.6. The van der Waals surface area contributed by atoms with Gasteiger partial charge in [-0.3, -0.25) is 4.79 Å². The first-order chi connectivity index (χ1) is 20.0. The highest BCUT2D eigenvalue weighted by Gasteiger charge is 2.24. The van der Waals surface area contributed by atoms with Crippen LogP contribution in [0.15, 0.2) is 101 Å². The molecule has 5 rings (SSSR count). The quantitative estimate of drug-likeness (QED) is 0.0768. The Hall–Kier alpha value is -5.30. The van der Waals surface area contributed by atoms with Crippen LogP contribution in [0, 0.1) is 0 Å². The molecule has 7 heteroatoms. The molecule has 1 heterocycles.